The van der Waals surface area contributed by atoms with Crippen molar-refractivity contribution in [1.29, 1.82) is 0 Å². The van der Waals surface area contributed by atoms with Gasteiger partial charge in [-0.05, 0) is 25.5 Å². The van der Waals surface area contributed by atoms with Gasteiger partial charge in [0.25, 0.3) is 5.91 Å². The number of amides is 1. The van der Waals surface area contributed by atoms with Crippen LogP contribution in [0.5, 0.6) is 5.88 Å². The number of carbonyl (C=O) groups is 1. The summed E-state index contributed by atoms with van der Waals surface area (Å²) < 4.78 is 8.90. The van der Waals surface area contributed by atoms with Gasteiger partial charge in [0.2, 0.25) is 5.88 Å². The molecule has 4 heterocycles. The molecule has 0 saturated carbocycles. The van der Waals surface area contributed by atoms with Crippen LogP contribution in [-0.4, -0.2) is 37.3 Å². The number of hydrogen-bond acceptors (Lipinski definition) is 5. The van der Waals surface area contributed by atoms with Crippen LogP contribution in [0.25, 0.3) is 11.4 Å². The van der Waals surface area contributed by atoms with Crippen LogP contribution >= 0.6 is 0 Å². The number of methoxy groups -OCH3 is 1. The smallest absolute Gasteiger partial charge is 0.263 e. The van der Waals surface area contributed by atoms with E-state index in [0.29, 0.717) is 17.4 Å². The molecular formula is C18H20N6O2. The summed E-state index contributed by atoms with van der Waals surface area (Å²) in [4.78, 5) is 21.6. The average Bonchev–Trinajstić information content (AvgIpc) is 3.31. The Balaban J connectivity index is 1.62. The maximum Gasteiger partial charge on any atom is 0.263 e. The summed E-state index contributed by atoms with van der Waals surface area (Å²) in [6, 6.07) is 5.96. The first-order valence-electron chi connectivity index (χ1n) is 8.49. The number of imidazole rings is 1. The molecule has 1 aliphatic rings. The molecule has 4 rings (SSSR count). The van der Waals surface area contributed by atoms with E-state index >= 15 is 0 Å². The molecule has 0 aromatic carbocycles. The molecule has 1 unspecified atom stereocenters. The van der Waals surface area contributed by atoms with E-state index < -0.39 is 0 Å². The van der Waals surface area contributed by atoms with Crippen molar-refractivity contribution in [2.75, 3.05) is 12.4 Å². The van der Waals surface area contributed by atoms with Gasteiger partial charge in [0.1, 0.15) is 17.2 Å². The number of ether oxygens (including phenoxy) is 1. The molecule has 3 aromatic rings. The van der Waals surface area contributed by atoms with E-state index in [4.69, 9.17) is 4.74 Å². The predicted octanol–water partition coefficient (Wildman–Crippen LogP) is 2.45. The number of fused-ring (bicyclic) bond motifs is 1. The first kappa shape index (κ1) is 16.3. The van der Waals surface area contributed by atoms with Crippen LogP contribution in [0.1, 0.15) is 35.6 Å². The Morgan fingerprint density at radius 3 is 3.04 bits per heavy atom. The Labute approximate surface area is 150 Å². The molecule has 134 valence electrons. The largest absolute Gasteiger partial charge is 0.479 e. The van der Waals surface area contributed by atoms with Crippen LogP contribution in [0.15, 0.2) is 30.6 Å². The highest BCUT2D eigenvalue weighted by Gasteiger charge is 2.23. The summed E-state index contributed by atoms with van der Waals surface area (Å²) in [7, 11) is 3.22. The zero-order valence-electron chi connectivity index (χ0n) is 14.9. The minimum atomic E-state index is -0.313. The van der Waals surface area contributed by atoms with Crippen LogP contribution < -0.4 is 10.1 Å². The number of nitrogens with one attached hydrogen (secondary N) is 1. The standard InChI is InChI=1S/C18H20N6O2/c1-11-7-8-16-19-9-14(24(11)16)13-5-4-6-15(20-13)21-17(25)12-10-23(2)22-18(12)26-3/h4-6,9-11H,7-8H2,1-3H3,(H,20,21,25). The number of carbonyl (C=O) groups excluding carboxylic acids is 1. The summed E-state index contributed by atoms with van der Waals surface area (Å²) in [5.74, 6) is 1.53. The van der Waals surface area contributed by atoms with Crippen LogP contribution in [-0.2, 0) is 13.5 Å². The Morgan fingerprint density at radius 2 is 2.23 bits per heavy atom. The second kappa shape index (κ2) is 6.29. The van der Waals surface area contributed by atoms with Gasteiger partial charge in [-0.15, -0.1) is 5.10 Å². The molecule has 0 fully saturated rings. The van der Waals surface area contributed by atoms with Gasteiger partial charge in [0.15, 0.2) is 0 Å². The van der Waals surface area contributed by atoms with Gasteiger partial charge >= 0.3 is 0 Å². The Morgan fingerprint density at radius 1 is 1.38 bits per heavy atom. The Bertz CT molecular complexity index is 974. The lowest BCUT2D eigenvalue weighted by atomic mass is 10.2. The summed E-state index contributed by atoms with van der Waals surface area (Å²) in [6.45, 7) is 2.18. The average molecular weight is 352 g/mol. The second-order valence-corrected chi connectivity index (χ2v) is 6.41. The molecule has 1 amide bonds. The SMILES string of the molecule is COc1nn(C)cc1C(=O)Nc1cccc(-c2cnc3n2C(C)CC3)n1. The molecule has 0 spiro atoms. The first-order valence-corrected chi connectivity index (χ1v) is 8.49. The minimum Gasteiger partial charge on any atom is -0.479 e. The molecular weight excluding hydrogens is 332 g/mol. The number of anilines is 1. The minimum absolute atomic E-state index is 0.281. The van der Waals surface area contributed by atoms with Crippen molar-refractivity contribution in [3.63, 3.8) is 0 Å². The van der Waals surface area contributed by atoms with Crippen molar-refractivity contribution in [2.45, 2.75) is 25.8 Å². The molecule has 8 heteroatoms. The zero-order chi connectivity index (χ0) is 18.3. The van der Waals surface area contributed by atoms with Gasteiger partial charge < -0.3 is 14.6 Å². The number of pyridine rings is 1. The molecule has 0 aliphatic carbocycles. The van der Waals surface area contributed by atoms with Crippen LogP contribution in [0, 0.1) is 0 Å². The number of hydrogen-bond donors (Lipinski definition) is 1. The Hall–Kier alpha value is -3.16. The molecule has 3 aromatic heterocycles. The predicted molar refractivity (Wildman–Crippen MR) is 96.2 cm³/mol. The van der Waals surface area contributed by atoms with E-state index in [1.165, 1.54) is 11.8 Å². The third-order valence-corrected chi connectivity index (χ3v) is 4.59. The van der Waals surface area contributed by atoms with Crippen molar-refractivity contribution in [1.82, 2.24) is 24.3 Å². The van der Waals surface area contributed by atoms with E-state index in [-0.39, 0.29) is 11.8 Å². The lowest BCUT2D eigenvalue weighted by molar-refractivity contribution is 0.102. The van der Waals surface area contributed by atoms with Crippen molar-refractivity contribution >= 4 is 11.7 Å². The highest BCUT2D eigenvalue weighted by molar-refractivity contribution is 6.05. The normalized spacial score (nSPS) is 15.7. The molecule has 0 radical (unpaired) electrons. The monoisotopic (exact) mass is 352 g/mol. The summed E-state index contributed by atoms with van der Waals surface area (Å²) in [6.07, 6.45) is 5.54. The molecule has 0 bridgehead atoms. The molecule has 1 N–H and O–H groups in total. The number of rotatable bonds is 4. The van der Waals surface area contributed by atoms with Crippen molar-refractivity contribution in [2.24, 2.45) is 7.05 Å². The topological polar surface area (TPSA) is 86.9 Å². The summed E-state index contributed by atoms with van der Waals surface area (Å²) in [5, 5.41) is 6.91. The van der Waals surface area contributed by atoms with Gasteiger partial charge in [-0.3, -0.25) is 9.48 Å². The fourth-order valence-electron chi connectivity index (χ4n) is 3.34. The van der Waals surface area contributed by atoms with E-state index in [9.17, 15) is 4.79 Å². The summed E-state index contributed by atoms with van der Waals surface area (Å²) in [5.41, 5.74) is 2.12. The molecule has 26 heavy (non-hydrogen) atoms. The van der Waals surface area contributed by atoms with E-state index in [2.05, 4.69) is 31.9 Å². The number of aryl methyl sites for hydroxylation is 2. The maximum atomic E-state index is 12.5. The van der Waals surface area contributed by atoms with Crippen molar-refractivity contribution in [3.8, 4) is 17.3 Å². The lowest BCUT2D eigenvalue weighted by Gasteiger charge is -2.12. The fraction of sp³-hybridized carbons (Fsp3) is 0.333. The van der Waals surface area contributed by atoms with Gasteiger partial charge in [0, 0.05) is 25.7 Å². The number of nitrogens with zero attached hydrogens (tertiary/aromatic N) is 5. The first-order chi connectivity index (χ1) is 12.6. The maximum absolute atomic E-state index is 12.5. The van der Waals surface area contributed by atoms with Crippen LogP contribution in [0.2, 0.25) is 0 Å². The highest BCUT2D eigenvalue weighted by atomic mass is 16.5. The molecule has 1 aliphatic heterocycles. The van der Waals surface area contributed by atoms with Gasteiger partial charge in [0.05, 0.1) is 24.7 Å². The van der Waals surface area contributed by atoms with E-state index in [0.717, 1.165) is 30.1 Å². The molecule has 0 saturated heterocycles. The van der Waals surface area contributed by atoms with Crippen molar-refractivity contribution in [3.05, 3.63) is 42.0 Å². The Kier molecular flexibility index (Phi) is 3.95. The van der Waals surface area contributed by atoms with E-state index in [1.807, 2.05) is 18.3 Å². The molecule has 1 atom stereocenters. The quantitative estimate of drug-likeness (QED) is 0.779. The second-order valence-electron chi connectivity index (χ2n) is 6.41. The van der Waals surface area contributed by atoms with Crippen LogP contribution in [0.4, 0.5) is 5.82 Å². The third-order valence-electron chi connectivity index (χ3n) is 4.59. The van der Waals surface area contributed by atoms with Crippen molar-refractivity contribution < 1.29 is 9.53 Å². The van der Waals surface area contributed by atoms with Gasteiger partial charge in [-0.25, -0.2) is 9.97 Å². The third kappa shape index (κ3) is 2.73. The summed E-state index contributed by atoms with van der Waals surface area (Å²) >= 11 is 0. The van der Waals surface area contributed by atoms with Gasteiger partial charge in [-0.1, -0.05) is 6.07 Å². The number of aromatic nitrogens is 5. The fourth-order valence-corrected chi connectivity index (χ4v) is 3.34. The lowest BCUT2D eigenvalue weighted by Crippen LogP contribution is -2.13. The zero-order valence-corrected chi connectivity index (χ0v) is 14.9. The highest BCUT2D eigenvalue weighted by Crippen LogP contribution is 2.31. The van der Waals surface area contributed by atoms with Gasteiger partial charge in [-0.2, -0.15) is 0 Å². The molecule has 8 nitrogen and oxygen atoms in total. The van der Waals surface area contributed by atoms with Crippen LogP contribution in [0.3, 0.4) is 0 Å². The van der Waals surface area contributed by atoms with E-state index in [1.54, 1.807) is 19.3 Å².